The van der Waals surface area contributed by atoms with Crippen molar-refractivity contribution in [1.82, 2.24) is 9.97 Å². The van der Waals surface area contributed by atoms with Gasteiger partial charge in [0.2, 0.25) is 0 Å². The van der Waals surface area contributed by atoms with Gasteiger partial charge in [0.1, 0.15) is 0 Å². The van der Waals surface area contributed by atoms with Crippen LogP contribution in [0, 0.1) is 6.20 Å². The van der Waals surface area contributed by atoms with Gasteiger partial charge in [-0.25, -0.2) is 0 Å². The molecular formula is C7H9N2Rb. The summed E-state index contributed by atoms with van der Waals surface area (Å²) in [7, 11) is 0. The van der Waals surface area contributed by atoms with Crippen molar-refractivity contribution in [2.24, 2.45) is 0 Å². The summed E-state index contributed by atoms with van der Waals surface area (Å²) in [6.07, 6.45) is 4.25. The first kappa shape index (κ1) is 10.9. The molecule has 0 unspecified atom stereocenters. The zero-order valence-corrected chi connectivity index (χ0v) is 11.5. The molecule has 0 amide bonds. The predicted molar refractivity (Wildman–Crippen MR) is 35.0 cm³/mol. The number of hydrogen-bond acceptors (Lipinski definition) is 2. The van der Waals surface area contributed by atoms with Gasteiger partial charge in [-0.2, -0.15) is 0 Å². The Labute approximate surface area is 110 Å². The Balaban J connectivity index is 0.000000810. The summed E-state index contributed by atoms with van der Waals surface area (Å²) in [5.74, 6) is 0.476. The van der Waals surface area contributed by atoms with Crippen LogP contribution < -0.4 is 58.2 Å². The molecule has 2 nitrogen and oxygen atoms in total. The molecule has 48 valence electrons. The van der Waals surface area contributed by atoms with Crippen LogP contribution in [0.4, 0.5) is 0 Å². The third-order valence-corrected chi connectivity index (χ3v) is 1.14. The largest absolute Gasteiger partial charge is 1.00 e. The van der Waals surface area contributed by atoms with Crippen molar-refractivity contribution in [3.63, 3.8) is 0 Å². The minimum atomic E-state index is 0. The van der Waals surface area contributed by atoms with E-state index in [1.54, 1.807) is 0 Å². The predicted octanol–water partition coefficient (Wildman–Crippen LogP) is -1.60. The molecule has 0 aliphatic rings. The third-order valence-electron chi connectivity index (χ3n) is 1.14. The quantitative estimate of drug-likeness (QED) is 0.518. The summed E-state index contributed by atoms with van der Waals surface area (Å²) in [5.41, 5.74) is 1.05. The average Bonchev–Trinajstić information content (AvgIpc) is 1.90. The van der Waals surface area contributed by atoms with Crippen molar-refractivity contribution in [3.05, 3.63) is 24.3 Å². The fourth-order valence-electron chi connectivity index (χ4n) is 0.585. The van der Waals surface area contributed by atoms with Gasteiger partial charge in [0.05, 0.1) is 0 Å². The molecule has 0 atom stereocenters. The normalized spacial score (nSPS) is 9.10. The van der Waals surface area contributed by atoms with E-state index in [-0.39, 0.29) is 58.2 Å². The minimum absolute atomic E-state index is 0. The molecule has 0 bridgehead atoms. The molecule has 0 spiro atoms. The maximum atomic E-state index is 4.04. The second-order valence-electron chi connectivity index (χ2n) is 2.23. The zero-order valence-electron chi connectivity index (χ0n) is 6.63. The number of hydrogen-bond donors (Lipinski definition) is 0. The molecule has 1 aromatic heterocycles. The monoisotopic (exact) mass is 206 g/mol. The summed E-state index contributed by atoms with van der Waals surface area (Å²) in [6, 6.07) is 1.81. The van der Waals surface area contributed by atoms with E-state index in [4.69, 9.17) is 0 Å². The first-order chi connectivity index (χ1) is 4.30. The zero-order chi connectivity index (χ0) is 6.69. The summed E-state index contributed by atoms with van der Waals surface area (Å²) in [6.45, 7) is 4.19. The molecule has 0 aliphatic heterocycles. The molecule has 0 saturated heterocycles. The number of nitrogens with zero attached hydrogens (tertiary/aromatic N) is 2. The van der Waals surface area contributed by atoms with Gasteiger partial charge < -0.3 is 9.97 Å². The van der Waals surface area contributed by atoms with Crippen molar-refractivity contribution in [2.75, 3.05) is 0 Å². The SMILES string of the molecule is CC(C)c1c[c-]ncn1.[Rb+]. The number of rotatable bonds is 1. The molecule has 0 N–H and O–H groups in total. The molecular weight excluding hydrogens is 198 g/mol. The minimum Gasteiger partial charge on any atom is -0.376 e. The Hall–Kier alpha value is 0.885. The molecule has 1 aromatic rings. The van der Waals surface area contributed by atoms with E-state index in [1.165, 1.54) is 6.33 Å². The molecule has 0 saturated carbocycles. The fraction of sp³-hybridized carbons (Fsp3) is 0.429. The van der Waals surface area contributed by atoms with Gasteiger partial charge in [-0.15, -0.1) is 6.07 Å². The first-order valence-electron chi connectivity index (χ1n) is 2.98. The molecule has 1 heterocycles. The Bertz CT molecular complexity index is 174. The van der Waals surface area contributed by atoms with Crippen LogP contribution in [0.15, 0.2) is 12.4 Å². The summed E-state index contributed by atoms with van der Waals surface area (Å²) in [5, 5.41) is 0. The third kappa shape index (κ3) is 3.33. The molecule has 0 radical (unpaired) electrons. The first-order valence-corrected chi connectivity index (χ1v) is 2.98. The Morgan fingerprint density at radius 1 is 1.50 bits per heavy atom. The van der Waals surface area contributed by atoms with Crippen LogP contribution in [0.3, 0.4) is 0 Å². The Morgan fingerprint density at radius 2 is 2.20 bits per heavy atom. The van der Waals surface area contributed by atoms with E-state index in [0.29, 0.717) is 5.92 Å². The van der Waals surface area contributed by atoms with Crippen LogP contribution in [0.5, 0.6) is 0 Å². The van der Waals surface area contributed by atoms with Gasteiger partial charge >= 0.3 is 58.2 Å². The van der Waals surface area contributed by atoms with E-state index < -0.39 is 0 Å². The van der Waals surface area contributed by atoms with Gasteiger partial charge in [-0.1, -0.05) is 31.7 Å². The van der Waals surface area contributed by atoms with Crippen LogP contribution in [0.1, 0.15) is 25.5 Å². The Morgan fingerprint density at radius 3 is 2.50 bits per heavy atom. The number of aromatic nitrogens is 2. The summed E-state index contributed by atoms with van der Waals surface area (Å²) >= 11 is 0. The van der Waals surface area contributed by atoms with Crippen molar-refractivity contribution in [3.8, 4) is 0 Å². The maximum absolute atomic E-state index is 4.04. The molecule has 10 heavy (non-hydrogen) atoms. The molecule has 0 aromatic carbocycles. The van der Waals surface area contributed by atoms with Crippen LogP contribution in [-0.2, 0) is 0 Å². The van der Waals surface area contributed by atoms with E-state index >= 15 is 0 Å². The van der Waals surface area contributed by atoms with Gasteiger partial charge in [0, 0.05) is 0 Å². The van der Waals surface area contributed by atoms with Crippen LogP contribution >= 0.6 is 0 Å². The fourth-order valence-corrected chi connectivity index (χ4v) is 0.585. The van der Waals surface area contributed by atoms with Crippen molar-refractivity contribution < 1.29 is 58.2 Å². The summed E-state index contributed by atoms with van der Waals surface area (Å²) in [4.78, 5) is 7.73. The van der Waals surface area contributed by atoms with Gasteiger partial charge in [0.25, 0.3) is 0 Å². The second kappa shape index (κ2) is 5.52. The van der Waals surface area contributed by atoms with Crippen molar-refractivity contribution in [2.45, 2.75) is 19.8 Å². The van der Waals surface area contributed by atoms with E-state index in [1.807, 2.05) is 6.07 Å². The Kier molecular flexibility index (Phi) is 6.01. The second-order valence-corrected chi connectivity index (χ2v) is 2.23. The van der Waals surface area contributed by atoms with Gasteiger partial charge in [0.15, 0.2) is 0 Å². The van der Waals surface area contributed by atoms with E-state index in [2.05, 4.69) is 30.0 Å². The molecule has 0 aliphatic carbocycles. The van der Waals surface area contributed by atoms with E-state index in [9.17, 15) is 0 Å². The van der Waals surface area contributed by atoms with Crippen molar-refractivity contribution >= 4 is 0 Å². The molecule has 3 heteroatoms. The summed E-state index contributed by atoms with van der Waals surface area (Å²) < 4.78 is 0. The van der Waals surface area contributed by atoms with Crippen LogP contribution in [0.25, 0.3) is 0 Å². The molecule has 0 fully saturated rings. The standard InChI is InChI=1S/C7H9N2.Rb/c1-6(2)7-3-4-8-5-9-7;/h3,5-6H,1-2H3;/q-1;+1. The molecule has 1 rings (SSSR count). The van der Waals surface area contributed by atoms with Crippen molar-refractivity contribution in [1.29, 1.82) is 0 Å². The smallest absolute Gasteiger partial charge is 0.376 e. The van der Waals surface area contributed by atoms with Gasteiger partial charge in [-0.3, -0.25) is 0 Å². The van der Waals surface area contributed by atoms with Crippen LogP contribution in [-0.4, -0.2) is 9.97 Å². The maximum Gasteiger partial charge on any atom is 1.00 e. The topological polar surface area (TPSA) is 25.8 Å². The average molecular weight is 207 g/mol. The van der Waals surface area contributed by atoms with Gasteiger partial charge in [-0.05, 0) is 6.33 Å². The van der Waals surface area contributed by atoms with Crippen LogP contribution in [0.2, 0.25) is 0 Å². The van der Waals surface area contributed by atoms with E-state index in [0.717, 1.165) is 5.69 Å².